The molecule has 0 fully saturated rings. The topological polar surface area (TPSA) is 43.4 Å². The van der Waals surface area contributed by atoms with Crippen molar-refractivity contribution < 1.29 is 14.3 Å². The van der Waals surface area contributed by atoms with Gasteiger partial charge in [-0.2, -0.15) is 0 Å². The van der Waals surface area contributed by atoms with Crippen molar-refractivity contribution in [1.82, 2.24) is 0 Å². The Balaban J connectivity index is 1.47. The number of thiophene rings is 1. The van der Waals surface area contributed by atoms with Gasteiger partial charge in [-0.25, -0.2) is 0 Å². The number of carbonyl (C=O) groups is 2. The Morgan fingerprint density at radius 3 is 2.07 bits per heavy atom. The number of carbonyl (C=O) groups excluding carboxylic acids is 2. The number of fused-ring (bicyclic) bond motifs is 3. The average molecular weight is 376 g/mol. The largest absolute Gasteiger partial charge is 0.452 e. The van der Waals surface area contributed by atoms with Crippen molar-refractivity contribution in [3.05, 3.63) is 81.0 Å². The average Bonchev–Trinajstić information content (AvgIpc) is 3.17. The molecular weight excluding hydrogens is 356 g/mol. The van der Waals surface area contributed by atoms with E-state index in [0.717, 1.165) is 37.6 Å². The quantitative estimate of drug-likeness (QED) is 0.427. The summed E-state index contributed by atoms with van der Waals surface area (Å²) in [4.78, 5) is 27.0. The highest BCUT2D eigenvalue weighted by Crippen LogP contribution is 2.45. The first kappa shape index (κ1) is 17.7. The molecule has 0 amide bonds. The summed E-state index contributed by atoms with van der Waals surface area (Å²) in [5.41, 5.74) is 4.94. The molecule has 0 aliphatic heterocycles. The molecule has 0 saturated carbocycles. The highest BCUT2D eigenvalue weighted by Gasteiger charge is 2.31. The molecule has 4 heteroatoms. The Kier molecular flexibility index (Phi) is 4.66. The second-order valence-corrected chi connectivity index (χ2v) is 8.25. The lowest BCUT2D eigenvalue weighted by atomic mass is 10.1. The number of aryl methyl sites for hydroxylation is 2. The first-order valence-corrected chi connectivity index (χ1v) is 9.84. The van der Waals surface area contributed by atoms with Gasteiger partial charge in [0.2, 0.25) is 0 Å². The number of hydrogen-bond donors (Lipinski definition) is 0. The lowest BCUT2D eigenvalue weighted by molar-refractivity contribution is -0.147. The van der Waals surface area contributed by atoms with Crippen LogP contribution in [0.2, 0.25) is 0 Å². The van der Waals surface area contributed by atoms with Crippen LogP contribution in [0.4, 0.5) is 0 Å². The first-order valence-electron chi connectivity index (χ1n) is 9.02. The Bertz CT molecular complexity index is 986. The van der Waals surface area contributed by atoms with Gasteiger partial charge in [0.15, 0.2) is 11.9 Å². The smallest absolute Gasteiger partial charge is 0.307 e. The van der Waals surface area contributed by atoms with Crippen LogP contribution in [0, 0.1) is 13.8 Å². The molecule has 0 N–H and O–H groups in total. The number of esters is 1. The summed E-state index contributed by atoms with van der Waals surface area (Å²) in [5.74, 6) is -0.342. The van der Waals surface area contributed by atoms with E-state index >= 15 is 0 Å². The molecule has 2 aromatic carbocycles. The lowest BCUT2D eigenvalue weighted by Crippen LogP contribution is -2.12. The lowest BCUT2D eigenvalue weighted by Gasteiger charge is -2.15. The maximum Gasteiger partial charge on any atom is 0.307 e. The Morgan fingerprint density at radius 1 is 0.926 bits per heavy atom. The molecule has 0 unspecified atom stereocenters. The van der Waals surface area contributed by atoms with Gasteiger partial charge >= 0.3 is 5.97 Å². The summed E-state index contributed by atoms with van der Waals surface area (Å²) in [6, 6.07) is 17.9. The zero-order valence-corrected chi connectivity index (χ0v) is 16.1. The second-order valence-electron chi connectivity index (χ2n) is 6.79. The van der Waals surface area contributed by atoms with E-state index in [0.29, 0.717) is 0 Å². The monoisotopic (exact) mass is 376 g/mol. The highest BCUT2D eigenvalue weighted by atomic mass is 32.1. The van der Waals surface area contributed by atoms with E-state index in [1.807, 2.05) is 68.4 Å². The molecule has 0 atom stereocenters. The molecule has 4 rings (SSSR count). The minimum Gasteiger partial charge on any atom is -0.452 e. The van der Waals surface area contributed by atoms with Crippen LogP contribution in [-0.2, 0) is 9.53 Å². The molecule has 3 aromatic rings. The van der Waals surface area contributed by atoms with Gasteiger partial charge in [-0.15, -0.1) is 11.3 Å². The van der Waals surface area contributed by atoms with E-state index in [2.05, 4.69) is 0 Å². The molecule has 1 aromatic heterocycles. The molecular formula is C23H20O3S. The van der Waals surface area contributed by atoms with Crippen LogP contribution >= 0.6 is 11.3 Å². The molecule has 0 bridgehead atoms. The third-order valence-electron chi connectivity index (χ3n) is 4.92. The molecule has 1 aliphatic rings. The van der Waals surface area contributed by atoms with Gasteiger partial charge < -0.3 is 4.74 Å². The van der Waals surface area contributed by atoms with E-state index < -0.39 is 6.10 Å². The predicted octanol–water partition coefficient (Wildman–Crippen LogP) is 5.64. The van der Waals surface area contributed by atoms with Crippen LogP contribution in [0.1, 0.15) is 50.2 Å². The molecule has 1 heterocycles. The maximum absolute atomic E-state index is 12.5. The van der Waals surface area contributed by atoms with Crippen LogP contribution in [0.15, 0.2) is 54.6 Å². The fourth-order valence-corrected chi connectivity index (χ4v) is 4.63. The SMILES string of the molecule is Cc1cc(C(=O)CCC(=O)OC2c3ccccc3-c3ccccc32)c(C)s1. The van der Waals surface area contributed by atoms with Crippen molar-refractivity contribution in [2.45, 2.75) is 32.8 Å². The van der Waals surface area contributed by atoms with Gasteiger partial charge in [0.1, 0.15) is 0 Å². The third-order valence-corrected chi connectivity index (χ3v) is 5.89. The number of ether oxygens (including phenoxy) is 1. The van der Waals surface area contributed by atoms with Crippen molar-refractivity contribution in [2.75, 3.05) is 0 Å². The summed E-state index contributed by atoms with van der Waals surface area (Å²) in [6.45, 7) is 3.92. The van der Waals surface area contributed by atoms with Gasteiger partial charge in [0.05, 0.1) is 6.42 Å². The van der Waals surface area contributed by atoms with Gasteiger partial charge in [0, 0.05) is 32.9 Å². The minimum atomic E-state index is -0.398. The van der Waals surface area contributed by atoms with Gasteiger partial charge in [-0.1, -0.05) is 48.5 Å². The molecule has 3 nitrogen and oxygen atoms in total. The molecule has 0 spiro atoms. The van der Waals surface area contributed by atoms with Crippen molar-refractivity contribution in [2.24, 2.45) is 0 Å². The normalized spacial score (nSPS) is 12.5. The van der Waals surface area contributed by atoms with Crippen molar-refractivity contribution >= 4 is 23.1 Å². The van der Waals surface area contributed by atoms with Crippen molar-refractivity contribution in [3.63, 3.8) is 0 Å². The molecule has 0 saturated heterocycles. The Labute approximate surface area is 162 Å². The number of benzene rings is 2. The maximum atomic E-state index is 12.5. The molecule has 0 radical (unpaired) electrons. The van der Waals surface area contributed by atoms with Crippen molar-refractivity contribution in [1.29, 1.82) is 0 Å². The fraction of sp³-hybridized carbons (Fsp3) is 0.217. The molecule has 27 heavy (non-hydrogen) atoms. The van der Waals surface area contributed by atoms with E-state index in [4.69, 9.17) is 4.74 Å². The van der Waals surface area contributed by atoms with Crippen molar-refractivity contribution in [3.8, 4) is 11.1 Å². The molecule has 136 valence electrons. The number of Topliss-reactive ketones (excluding diaryl/α,β-unsaturated/α-hetero) is 1. The second kappa shape index (κ2) is 7.12. The van der Waals surface area contributed by atoms with Gasteiger partial charge in [0.25, 0.3) is 0 Å². The highest BCUT2D eigenvalue weighted by molar-refractivity contribution is 7.12. The van der Waals surface area contributed by atoms with E-state index in [-0.39, 0.29) is 24.6 Å². The predicted molar refractivity (Wildman–Crippen MR) is 107 cm³/mol. The van der Waals surface area contributed by atoms with Crippen LogP contribution in [-0.4, -0.2) is 11.8 Å². The summed E-state index contributed by atoms with van der Waals surface area (Å²) < 4.78 is 5.80. The summed E-state index contributed by atoms with van der Waals surface area (Å²) in [6.07, 6.45) is -0.134. The van der Waals surface area contributed by atoms with E-state index in [1.54, 1.807) is 11.3 Å². The van der Waals surface area contributed by atoms with Gasteiger partial charge in [-0.05, 0) is 31.0 Å². The number of hydrogen-bond acceptors (Lipinski definition) is 4. The van der Waals surface area contributed by atoms with Crippen LogP contribution < -0.4 is 0 Å². The Hall–Kier alpha value is -2.72. The number of ketones is 1. The van der Waals surface area contributed by atoms with Crippen LogP contribution in [0.3, 0.4) is 0 Å². The zero-order valence-electron chi connectivity index (χ0n) is 15.3. The van der Waals surface area contributed by atoms with Crippen LogP contribution in [0.25, 0.3) is 11.1 Å². The van der Waals surface area contributed by atoms with Gasteiger partial charge in [-0.3, -0.25) is 9.59 Å². The third kappa shape index (κ3) is 3.33. The zero-order chi connectivity index (χ0) is 19.0. The van der Waals surface area contributed by atoms with Crippen LogP contribution in [0.5, 0.6) is 0 Å². The van der Waals surface area contributed by atoms with E-state index in [1.165, 1.54) is 0 Å². The summed E-state index contributed by atoms with van der Waals surface area (Å²) >= 11 is 1.61. The fourth-order valence-electron chi connectivity index (χ4n) is 3.68. The first-order chi connectivity index (χ1) is 13.0. The summed E-state index contributed by atoms with van der Waals surface area (Å²) in [7, 11) is 0. The molecule has 1 aliphatic carbocycles. The number of rotatable bonds is 5. The standard InChI is InChI=1S/C23H20O3S/c1-14-13-20(15(2)27-14)21(24)11-12-22(25)26-23-18-9-5-3-7-16(18)17-8-4-6-10-19(17)23/h3-10,13,23H,11-12H2,1-2H3. The van der Waals surface area contributed by atoms with E-state index in [9.17, 15) is 9.59 Å². The minimum absolute atomic E-state index is 0.000947. The Morgan fingerprint density at radius 2 is 1.52 bits per heavy atom. The summed E-state index contributed by atoms with van der Waals surface area (Å²) in [5, 5.41) is 0.